The summed E-state index contributed by atoms with van der Waals surface area (Å²) in [7, 11) is 0. The smallest absolute Gasteiger partial charge is 0.293 e. The lowest BCUT2D eigenvalue weighted by Gasteiger charge is -2.18. The second-order valence-electron chi connectivity index (χ2n) is 6.01. The molecule has 2 unspecified atom stereocenters. The molecule has 2 atom stereocenters. The van der Waals surface area contributed by atoms with Crippen molar-refractivity contribution in [1.82, 2.24) is 4.90 Å². The van der Waals surface area contributed by atoms with Gasteiger partial charge in [0.15, 0.2) is 0 Å². The predicted octanol–water partition coefficient (Wildman–Crippen LogP) is 1.81. The monoisotopic (exact) mass is 278 g/mol. The first-order valence-corrected chi connectivity index (χ1v) is 6.82. The third-order valence-electron chi connectivity index (χ3n) is 3.26. The molecule has 2 aliphatic heterocycles. The van der Waals surface area contributed by atoms with E-state index >= 15 is 0 Å². The Kier molecular flexibility index (Phi) is 4.18. The fraction of sp³-hybridized carbons (Fsp3) is 0.533. The number of nitrogens with zero attached hydrogens (tertiary/aromatic N) is 2. The van der Waals surface area contributed by atoms with Crippen molar-refractivity contribution in [3.8, 4) is 5.75 Å². The highest BCUT2D eigenvalue weighted by atomic mass is 16.5. The minimum absolute atomic E-state index is 0.318. The van der Waals surface area contributed by atoms with Crippen LogP contribution in [0.5, 0.6) is 5.75 Å². The SMILES string of the molecule is CC(C)(C)OC=O.Oc1ccc(N2CCN3CC32)cc1. The summed E-state index contributed by atoms with van der Waals surface area (Å²) in [6.07, 6.45) is 0.643. The normalized spacial score (nSPS) is 23.4. The van der Waals surface area contributed by atoms with Gasteiger partial charge in [0.25, 0.3) is 6.47 Å². The number of hydrogen-bond acceptors (Lipinski definition) is 5. The summed E-state index contributed by atoms with van der Waals surface area (Å²) in [5, 5.41) is 9.15. The molecular weight excluding hydrogens is 256 g/mol. The summed E-state index contributed by atoms with van der Waals surface area (Å²) in [5.41, 5.74) is 0.907. The van der Waals surface area contributed by atoms with E-state index in [2.05, 4.69) is 14.5 Å². The molecule has 2 saturated heterocycles. The minimum atomic E-state index is -0.318. The van der Waals surface area contributed by atoms with Gasteiger partial charge in [-0.15, -0.1) is 0 Å². The quantitative estimate of drug-likeness (QED) is 0.660. The first-order chi connectivity index (χ1) is 9.40. The van der Waals surface area contributed by atoms with Crippen molar-refractivity contribution in [3.05, 3.63) is 24.3 Å². The van der Waals surface area contributed by atoms with Gasteiger partial charge in [-0.3, -0.25) is 9.69 Å². The Hall–Kier alpha value is -1.75. The van der Waals surface area contributed by atoms with Crippen molar-refractivity contribution in [3.63, 3.8) is 0 Å². The lowest BCUT2D eigenvalue weighted by Crippen LogP contribution is -2.23. The van der Waals surface area contributed by atoms with Gasteiger partial charge in [-0.05, 0) is 45.0 Å². The Bertz CT molecular complexity index is 453. The number of ether oxygens (including phenoxy) is 1. The third kappa shape index (κ3) is 3.87. The molecule has 0 spiro atoms. The molecule has 110 valence electrons. The van der Waals surface area contributed by atoms with Crippen molar-refractivity contribution in [1.29, 1.82) is 0 Å². The van der Waals surface area contributed by atoms with E-state index in [4.69, 9.17) is 5.11 Å². The molecule has 2 heterocycles. The molecular formula is C15H22N2O3. The second-order valence-corrected chi connectivity index (χ2v) is 6.01. The van der Waals surface area contributed by atoms with Gasteiger partial charge < -0.3 is 14.7 Å². The van der Waals surface area contributed by atoms with Crippen molar-refractivity contribution in [2.45, 2.75) is 32.5 Å². The Morgan fingerprint density at radius 1 is 1.25 bits per heavy atom. The first kappa shape index (κ1) is 14.7. The summed E-state index contributed by atoms with van der Waals surface area (Å²) < 4.78 is 4.55. The number of phenols is 1. The number of anilines is 1. The predicted molar refractivity (Wildman–Crippen MR) is 77.7 cm³/mol. The molecule has 1 aromatic carbocycles. The maximum Gasteiger partial charge on any atom is 0.293 e. The number of piperazine rings is 1. The number of rotatable bonds is 2. The molecule has 1 N–H and O–H groups in total. The molecule has 0 aromatic heterocycles. The average Bonchev–Trinajstić information content (AvgIpc) is 3.02. The zero-order valence-electron chi connectivity index (χ0n) is 12.2. The summed E-state index contributed by atoms with van der Waals surface area (Å²) in [5.74, 6) is 0.343. The van der Waals surface area contributed by atoms with E-state index in [1.165, 1.54) is 18.8 Å². The number of carbonyl (C=O) groups excluding carboxylic acids is 1. The molecule has 0 amide bonds. The van der Waals surface area contributed by atoms with E-state index in [-0.39, 0.29) is 5.60 Å². The fourth-order valence-corrected chi connectivity index (χ4v) is 2.17. The highest BCUT2D eigenvalue weighted by Crippen LogP contribution is 2.32. The Morgan fingerprint density at radius 2 is 1.90 bits per heavy atom. The summed E-state index contributed by atoms with van der Waals surface area (Å²) in [4.78, 5) is 14.4. The van der Waals surface area contributed by atoms with Crippen LogP contribution in [0.1, 0.15) is 20.8 Å². The molecule has 5 nitrogen and oxygen atoms in total. The van der Waals surface area contributed by atoms with Crippen LogP contribution in [0.15, 0.2) is 24.3 Å². The van der Waals surface area contributed by atoms with E-state index in [9.17, 15) is 4.79 Å². The Balaban J connectivity index is 0.000000182. The van der Waals surface area contributed by atoms with Gasteiger partial charge in [0.1, 0.15) is 11.4 Å². The number of phenolic OH excluding ortho intramolecular Hbond substituents is 1. The standard InChI is InChI=1S/C10H12N2O.C5H10O2/c13-9-3-1-8(2-4-9)12-6-5-11-7-10(11)12;1-5(2,3)7-4-6/h1-4,10,13H,5-7H2;4H,1-3H3. The number of carbonyl (C=O) groups is 1. The van der Waals surface area contributed by atoms with Crippen molar-refractivity contribution >= 4 is 12.2 Å². The van der Waals surface area contributed by atoms with Crippen LogP contribution in [0.25, 0.3) is 0 Å². The fourth-order valence-electron chi connectivity index (χ4n) is 2.17. The highest BCUT2D eigenvalue weighted by Gasteiger charge is 2.44. The molecule has 2 aliphatic rings. The summed E-state index contributed by atoms with van der Waals surface area (Å²) in [6, 6.07) is 7.47. The third-order valence-corrected chi connectivity index (χ3v) is 3.26. The van der Waals surface area contributed by atoms with Crippen molar-refractivity contribution in [2.24, 2.45) is 0 Å². The highest BCUT2D eigenvalue weighted by molar-refractivity contribution is 5.52. The van der Waals surface area contributed by atoms with Gasteiger partial charge in [0, 0.05) is 25.3 Å². The molecule has 2 fully saturated rings. The molecule has 1 aromatic rings. The maximum atomic E-state index is 9.60. The molecule has 0 bridgehead atoms. The van der Waals surface area contributed by atoms with E-state index in [1.807, 2.05) is 32.9 Å². The number of fused-ring (bicyclic) bond motifs is 1. The van der Waals surface area contributed by atoms with Crippen LogP contribution in [-0.2, 0) is 9.53 Å². The topological polar surface area (TPSA) is 52.8 Å². The molecule has 5 heteroatoms. The zero-order chi connectivity index (χ0) is 14.8. The number of benzene rings is 1. The second kappa shape index (κ2) is 5.71. The van der Waals surface area contributed by atoms with Gasteiger partial charge in [0.2, 0.25) is 0 Å². The summed E-state index contributed by atoms with van der Waals surface area (Å²) in [6.45, 7) is 9.44. The lowest BCUT2D eigenvalue weighted by molar-refractivity contribution is -0.138. The minimum Gasteiger partial charge on any atom is -0.508 e. The van der Waals surface area contributed by atoms with Crippen LogP contribution in [0.3, 0.4) is 0 Å². The van der Waals surface area contributed by atoms with Crippen molar-refractivity contribution < 1.29 is 14.6 Å². The van der Waals surface area contributed by atoms with Crippen LogP contribution in [0, 0.1) is 0 Å². The number of aromatic hydroxyl groups is 1. The largest absolute Gasteiger partial charge is 0.508 e. The van der Waals surface area contributed by atoms with Crippen molar-refractivity contribution in [2.75, 3.05) is 24.5 Å². The maximum absolute atomic E-state index is 9.60. The average molecular weight is 278 g/mol. The van der Waals surface area contributed by atoms with Gasteiger partial charge >= 0.3 is 0 Å². The molecule has 0 saturated carbocycles. The van der Waals surface area contributed by atoms with Crippen LogP contribution in [0.2, 0.25) is 0 Å². The van der Waals surface area contributed by atoms with Gasteiger partial charge in [-0.25, -0.2) is 0 Å². The molecule has 0 radical (unpaired) electrons. The van der Waals surface area contributed by atoms with Crippen LogP contribution >= 0.6 is 0 Å². The van der Waals surface area contributed by atoms with Crippen LogP contribution < -0.4 is 4.90 Å². The van der Waals surface area contributed by atoms with Gasteiger partial charge in [0.05, 0.1) is 6.17 Å². The molecule has 3 rings (SSSR count). The van der Waals surface area contributed by atoms with E-state index in [0.717, 1.165) is 6.54 Å². The van der Waals surface area contributed by atoms with Crippen LogP contribution in [-0.4, -0.2) is 47.9 Å². The zero-order valence-corrected chi connectivity index (χ0v) is 12.2. The molecule has 20 heavy (non-hydrogen) atoms. The van der Waals surface area contributed by atoms with Gasteiger partial charge in [-0.1, -0.05) is 0 Å². The Morgan fingerprint density at radius 3 is 2.25 bits per heavy atom. The van der Waals surface area contributed by atoms with Crippen LogP contribution in [0.4, 0.5) is 5.69 Å². The van der Waals surface area contributed by atoms with E-state index < -0.39 is 0 Å². The van der Waals surface area contributed by atoms with E-state index in [0.29, 0.717) is 18.4 Å². The number of hydrogen-bond donors (Lipinski definition) is 1. The Labute approximate surface area is 119 Å². The summed E-state index contributed by atoms with van der Waals surface area (Å²) >= 11 is 0. The lowest BCUT2D eigenvalue weighted by atomic mass is 10.2. The van der Waals surface area contributed by atoms with E-state index in [1.54, 1.807) is 12.1 Å². The first-order valence-electron chi connectivity index (χ1n) is 6.82. The van der Waals surface area contributed by atoms with Gasteiger partial charge in [-0.2, -0.15) is 0 Å². The molecule has 0 aliphatic carbocycles.